The molecule has 0 aromatic heterocycles. The third kappa shape index (κ3) is 5.44. The number of amides is 1. The van der Waals surface area contributed by atoms with E-state index in [0.29, 0.717) is 25.3 Å². The summed E-state index contributed by atoms with van der Waals surface area (Å²) >= 11 is 0. The zero-order chi connectivity index (χ0) is 20.9. The minimum Gasteiger partial charge on any atom is -0.378 e. The van der Waals surface area contributed by atoms with Crippen molar-refractivity contribution in [2.24, 2.45) is 0 Å². The Kier molecular flexibility index (Phi) is 7.05. The van der Waals surface area contributed by atoms with Crippen LogP contribution in [-0.2, 0) is 21.3 Å². The molecule has 0 atom stereocenters. The first-order chi connectivity index (χ1) is 13.9. The van der Waals surface area contributed by atoms with Crippen molar-refractivity contribution in [1.29, 1.82) is 0 Å². The van der Waals surface area contributed by atoms with Gasteiger partial charge in [-0.2, -0.15) is 0 Å². The van der Waals surface area contributed by atoms with Gasteiger partial charge in [0.2, 0.25) is 10.0 Å². The first-order valence-corrected chi connectivity index (χ1v) is 11.4. The van der Waals surface area contributed by atoms with E-state index >= 15 is 0 Å². The predicted molar refractivity (Wildman–Crippen MR) is 112 cm³/mol. The second kappa shape index (κ2) is 9.52. The average molecular weight is 417 g/mol. The maximum absolute atomic E-state index is 13.0. The Morgan fingerprint density at radius 2 is 1.83 bits per heavy atom. The number of rotatable bonds is 7. The quantitative estimate of drug-likeness (QED) is 0.753. The van der Waals surface area contributed by atoms with Crippen molar-refractivity contribution in [3.05, 3.63) is 65.2 Å². The van der Waals surface area contributed by atoms with Crippen LogP contribution >= 0.6 is 0 Å². The van der Waals surface area contributed by atoms with Crippen molar-refractivity contribution in [2.75, 3.05) is 19.7 Å². The smallest absolute Gasteiger partial charge is 0.254 e. The van der Waals surface area contributed by atoms with Crippen LogP contribution in [0.3, 0.4) is 0 Å². The second-order valence-corrected chi connectivity index (χ2v) is 9.00. The number of nitrogens with one attached hydrogen (secondary N) is 1. The van der Waals surface area contributed by atoms with Gasteiger partial charge in [0.15, 0.2) is 0 Å². The third-order valence-electron chi connectivity index (χ3n) is 5.19. The monoisotopic (exact) mass is 416 g/mol. The standard InChI is InChI=1S/C22H28N2O4S/c1-3-28-19-11-13-24(14-12-19)22(25)21-15-20(10-9-17(21)2)29(26,27)23-16-18-7-5-4-6-8-18/h4-10,15,19,23H,3,11-14,16H2,1-2H3. The molecule has 1 aliphatic rings. The van der Waals surface area contributed by atoms with E-state index in [-0.39, 0.29) is 23.5 Å². The van der Waals surface area contributed by atoms with Crippen molar-refractivity contribution >= 4 is 15.9 Å². The van der Waals surface area contributed by atoms with E-state index in [4.69, 9.17) is 4.74 Å². The maximum atomic E-state index is 13.0. The zero-order valence-corrected chi connectivity index (χ0v) is 17.7. The lowest BCUT2D eigenvalue weighted by atomic mass is 10.0. The number of carbonyl (C=O) groups is 1. The molecule has 1 aliphatic heterocycles. The summed E-state index contributed by atoms with van der Waals surface area (Å²) in [6.45, 7) is 5.91. The third-order valence-corrected chi connectivity index (χ3v) is 6.59. The fraction of sp³-hybridized carbons (Fsp3) is 0.409. The Bertz CT molecular complexity index is 937. The SMILES string of the molecule is CCOC1CCN(C(=O)c2cc(S(=O)(=O)NCc3ccccc3)ccc2C)CC1. The molecule has 2 aromatic carbocycles. The molecule has 0 bridgehead atoms. The van der Waals surface area contributed by atoms with Crippen LogP contribution in [0.25, 0.3) is 0 Å². The summed E-state index contributed by atoms with van der Waals surface area (Å²) in [5.74, 6) is -0.127. The molecule has 0 radical (unpaired) electrons. The molecule has 3 rings (SSSR count). The number of carbonyl (C=O) groups excluding carboxylic acids is 1. The van der Waals surface area contributed by atoms with Gasteiger partial charge in [-0.1, -0.05) is 36.4 Å². The number of piperidine rings is 1. The van der Waals surface area contributed by atoms with Crippen LogP contribution in [0.4, 0.5) is 0 Å². The van der Waals surface area contributed by atoms with E-state index in [1.54, 1.807) is 17.0 Å². The molecular weight excluding hydrogens is 388 g/mol. The number of benzene rings is 2. The van der Waals surface area contributed by atoms with Crippen LogP contribution in [-0.4, -0.2) is 45.0 Å². The van der Waals surface area contributed by atoms with Crippen LogP contribution in [0, 0.1) is 6.92 Å². The summed E-state index contributed by atoms with van der Waals surface area (Å²) in [5.41, 5.74) is 2.07. The van der Waals surface area contributed by atoms with Gasteiger partial charge in [0, 0.05) is 31.8 Å². The molecule has 0 unspecified atom stereocenters. The molecule has 1 N–H and O–H groups in total. The second-order valence-electron chi connectivity index (χ2n) is 7.23. The Labute approximate surface area is 172 Å². The summed E-state index contributed by atoms with van der Waals surface area (Å²) in [6, 6.07) is 14.0. The number of nitrogens with zero attached hydrogens (tertiary/aromatic N) is 1. The van der Waals surface area contributed by atoms with Gasteiger partial charge in [-0.3, -0.25) is 4.79 Å². The first-order valence-electron chi connectivity index (χ1n) is 9.96. The molecule has 29 heavy (non-hydrogen) atoms. The molecule has 156 valence electrons. The van der Waals surface area contributed by atoms with E-state index in [0.717, 1.165) is 24.0 Å². The molecule has 0 saturated carbocycles. The van der Waals surface area contributed by atoms with Gasteiger partial charge in [0.1, 0.15) is 0 Å². The van der Waals surface area contributed by atoms with Crippen molar-refractivity contribution in [3.63, 3.8) is 0 Å². The van der Waals surface area contributed by atoms with E-state index < -0.39 is 10.0 Å². The topological polar surface area (TPSA) is 75.7 Å². The van der Waals surface area contributed by atoms with Gasteiger partial charge in [-0.25, -0.2) is 13.1 Å². The van der Waals surface area contributed by atoms with Crippen molar-refractivity contribution < 1.29 is 17.9 Å². The number of ether oxygens (including phenoxy) is 1. The average Bonchev–Trinajstić information content (AvgIpc) is 2.74. The largest absolute Gasteiger partial charge is 0.378 e. The Morgan fingerprint density at radius 3 is 2.48 bits per heavy atom. The van der Waals surface area contributed by atoms with E-state index in [9.17, 15) is 13.2 Å². The van der Waals surface area contributed by atoms with E-state index in [2.05, 4.69) is 4.72 Å². The van der Waals surface area contributed by atoms with Gasteiger partial charge in [-0.15, -0.1) is 0 Å². The highest BCUT2D eigenvalue weighted by Crippen LogP contribution is 2.21. The van der Waals surface area contributed by atoms with Gasteiger partial charge in [0.05, 0.1) is 11.0 Å². The number of sulfonamides is 1. The molecule has 1 amide bonds. The lowest BCUT2D eigenvalue weighted by molar-refractivity contribution is 0.0146. The van der Waals surface area contributed by atoms with Crippen molar-refractivity contribution in [2.45, 2.75) is 44.2 Å². The highest BCUT2D eigenvalue weighted by Gasteiger charge is 2.26. The summed E-state index contributed by atoms with van der Waals surface area (Å²) in [5, 5.41) is 0. The Balaban J connectivity index is 1.73. The molecule has 2 aromatic rings. The molecule has 1 saturated heterocycles. The lowest BCUT2D eigenvalue weighted by Crippen LogP contribution is -2.41. The van der Waals surface area contributed by atoms with Gasteiger partial charge >= 0.3 is 0 Å². The molecule has 1 heterocycles. The summed E-state index contributed by atoms with van der Waals surface area (Å²) in [7, 11) is -3.72. The van der Waals surface area contributed by atoms with Crippen molar-refractivity contribution in [1.82, 2.24) is 9.62 Å². The van der Waals surface area contributed by atoms with Crippen LogP contribution in [0.2, 0.25) is 0 Å². The van der Waals surface area contributed by atoms with Crippen molar-refractivity contribution in [3.8, 4) is 0 Å². The number of hydrogen-bond donors (Lipinski definition) is 1. The minimum atomic E-state index is -3.72. The predicted octanol–water partition coefficient (Wildman–Crippen LogP) is 3.11. The van der Waals surface area contributed by atoms with Crippen LogP contribution < -0.4 is 4.72 Å². The number of hydrogen-bond acceptors (Lipinski definition) is 4. The van der Waals surface area contributed by atoms with E-state index in [1.807, 2.05) is 44.2 Å². The normalized spacial score (nSPS) is 15.4. The summed E-state index contributed by atoms with van der Waals surface area (Å²) in [4.78, 5) is 14.9. The maximum Gasteiger partial charge on any atom is 0.254 e. The zero-order valence-electron chi connectivity index (χ0n) is 16.9. The van der Waals surface area contributed by atoms with Gasteiger partial charge < -0.3 is 9.64 Å². The van der Waals surface area contributed by atoms with Crippen LogP contribution in [0.1, 0.15) is 41.3 Å². The highest BCUT2D eigenvalue weighted by molar-refractivity contribution is 7.89. The lowest BCUT2D eigenvalue weighted by Gasteiger charge is -2.32. The molecule has 6 nitrogen and oxygen atoms in total. The molecule has 1 fully saturated rings. The molecule has 0 spiro atoms. The number of likely N-dealkylation sites (tertiary alicyclic amines) is 1. The molecular formula is C22H28N2O4S. The minimum absolute atomic E-state index is 0.103. The molecule has 7 heteroatoms. The Hall–Kier alpha value is -2.22. The van der Waals surface area contributed by atoms with Gasteiger partial charge in [0.25, 0.3) is 5.91 Å². The fourth-order valence-electron chi connectivity index (χ4n) is 3.49. The number of aryl methyl sites for hydroxylation is 1. The molecule has 0 aliphatic carbocycles. The van der Waals surface area contributed by atoms with E-state index in [1.165, 1.54) is 6.07 Å². The van der Waals surface area contributed by atoms with Crippen LogP contribution in [0.5, 0.6) is 0 Å². The highest BCUT2D eigenvalue weighted by atomic mass is 32.2. The first kappa shape index (κ1) is 21.5. The van der Waals surface area contributed by atoms with Gasteiger partial charge in [-0.05, 0) is 49.9 Å². The van der Waals surface area contributed by atoms with Crippen LogP contribution in [0.15, 0.2) is 53.4 Å². The fourth-order valence-corrected chi connectivity index (χ4v) is 4.53. The summed E-state index contributed by atoms with van der Waals surface area (Å²) in [6.07, 6.45) is 1.80. The summed E-state index contributed by atoms with van der Waals surface area (Å²) < 4.78 is 33.7. The Morgan fingerprint density at radius 1 is 1.14 bits per heavy atom.